The first-order valence-corrected chi connectivity index (χ1v) is 15.9. The van der Waals surface area contributed by atoms with Gasteiger partial charge in [0.1, 0.15) is 48.5 Å². The maximum absolute atomic E-state index is 13.2. The lowest BCUT2D eigenvalue weighted by atomic mass is 10.1. The number of nitrogen functional groups attached to an aromatic ring is 2. The molecule has 0 spiro atoms. The number of ether oxygens (including phenoxy) is 2. The normalized spacial score (nSPS) is 37.7. The number of nitrogens with two attached hydrogens (primary N) is 2. The van der Waals surface area contributed by atoms with Gasteiger partial charge < -0.3 is 40.9 Å². The fraction of sp³-hybridized carbons (Fsp3) is 0.500. The van der Waals surface area contributed by atoms with Crippen LogP contribution in [0.4, 0.5) is 11.8 Å². The Morgan fingerprint density at radius 3 is 2.18 bits per heavy atom. The van der Waals surface area contributed by atoms with E-state index in [1.807, 2.05) is 0 Å². The zero-order chi connectivity index (χ0) is 31.8. The minimum Gasteiger partial charge on any atom is -0.387 e. The topological polar surface area (TPSA) is 330 Å². The van der Waals surface area contributed by atoms with Gasteiger partial charge in [-0.05, 0) is 0 Å². The van der Waals surface area contributed by atoms with Crippen LogP contribution in [0.1, 0.15) is 12.5 Å². The largest absolute Gasteiger partial charge is 0.472 e. The molecule has 25 heteroatoms. The van der Waals surface area contributed by atoms with Crippen LogP contribution in [0, 0.1) is 0 Å². The summed E-state index contributed by atoms with van der Waals surface area (Å²) in [7, 11) is -10.2. The molecule has 3 aliphatic rings. The second-order valence-electron chi connectivity index (χ2n) is 10.1. The van der Waals surface area contributed by atoms with Crippen LogP contribution in [0.5, 0.6) is 0 Å². The smallest absolute Gasteiger partial charge is 0.387 e. The highest BCUT2D eigenvalue weighted by molar-refractivity contribution is 7.47. The number of hydrogen-bond acceptors (Lipinski definition) is 18. The molecule has 45 heavy (non-hydrogen) atoms. The minimum atomic E-state index is -5.11. The predicted octanol–water partition coefficient (Wildman–Crippen LogP) is -2.34. The molecule has 0 aromatic carbocycles. The highest BCUT2D eigenvalue weighted by Crippen LogP contribution is 2.53. The van der Waals surface area contributed by atoms with Gasteiger partial charge >= 0.3 is 15.6 Å². The van der Waals surface area contributed by atoms with Crippen molar-refractivity contribution in [2.75, 3.05) is 24.7 Å². The lowest BCUT2D eigenvalue weighted by Crippen LogP contribution is -2.36. The molecule has 10 atom stereocenters. The number of aliphatic hydroxyl groups excluding tert-OH is 2. The van der Waals surface area contributed by atoms with Crippen molar-refractivity contribution in [3.05, 3.63) is 29.3 Å². The maximum atomic E-state index is 13.2. The van der Waals surface area contributed by atoms with E-state index in [0.717, 1.165) is 17.2 Å². The Kier molecular flexibility index (Phi) is 7.27. The number of nitrogens with one attached hydrogen (secondary N) is 1. The van der Waals surface area contributed by atoms with E-state index >= 15 is 0 Å². The maximum Gasteiger partial charge on any atom is 0.472 e. The van der Waals surface area contributed by atoms with E-state index in [-0.39, 0.29) is 34.1 Å². The molecule has 0 aliphatic carbocycles. The molecule has 242 valence electrons. The number of rotatable bonds is 2. The molecule has 0 saturated carbocycles. The van der Waals surface area contributed by atoms with Gasteiger partial charge in [-0.1, -0.05) is 0 Å². The molecule has 4 aromatic heterocycles. The molecule has 7 rings (SSSR count). The van der Waals surface area contributed by atoms with Crippen LogP contribution in [-0.2, 0) is 36.7 Å². The van der Waals surface area contributed by atoms with E-state index in [1.54, 1.807) is 0 Å². The van der Waals surface area contributed by atoms with Crippen molar-refractivity contribution >= 4 is 49.7 Å². The average molecular weight is 674 g/mol. The van der Waals surface area contributed by atoms with Crippen molar-refractivity contribution in [3.8, 4) is 0 Å². The van der Waals surface area contributed by atoms with Crippen LogP contribution in [0.2, 0.25) is 0 Å². The van der Waals surface area contributed by atoms with Gasteiger partial charge in [0.15, 0.2) is 35.1 Å². The summed E-state index contributed by atoms with van der Waals surface area (Å²) in [4.78, 5) is 55.8. The molecule has 9 N–H and O–H groups in total. The van der Waals surface area contributed by atoms with Gasteiger partial charge in [-0.15, -0.1) is 0 Å². The number of phosphoric ester groups is 2. The lowest BCUT2D eigenvalue weighted by molar-refractivity contribution is -0.0672. The summed E-state index contributed by atoms with van der Waals surface area (Å²) >= 11 is 0. The molecule has 23 nitrogen and oxygen atoms in total. The van der Waals surface area contributed by atoms with Crippen LogP contribution >= 0.6 is 15.6 Å². The second kappa shape index (κ2) is 10.8. The molecule has 3 aliphatic heterocycles. The van der Waals surface area contributed by atoms with Gasteiger partial charge in [0.25, 0.3) is 5.56 Å². The number of nitrogens with zero attached hydrogens (tertiary/aromatic N) is 7. The molecule has 0 radical (unpaired) electrons. The second-order valence-corrected chi connectivity index (χ2v) is 13.0. The Morgan fingerprint density at radius 2 is 1.44 bits per heavy atom. The average Bonchev–Trinajstić information content (AvgIpc) is 3.72. The van der Waals surface area contributed by atoms with Gasteiger partial charge in [-0.2, -0.15) is 4.98 Å². The number of aromatic amines is 1. The number of imidazole rings is 2. The molecule has 4 unspecified atom stereocenters. The monoisotopic (exact) mass is 674 g/mol. The third-order valence-electron chi connectivity index (χ3n) is 7.32. The number of aromatic nitrogens is 8. The van der Waals surface area contributed by atoms with Gasteiger partial charge in [-0.3, -0.25) is 37.0 Å². The summed E-state index contributed by atoms with van der Waals surface area (Å²) in [6.07, 6.45) is -9.21. The van der Waals surface area contributed by atoms with Crippen molar-refractivity contribution < 1.29 is 56.7 Å². The first-order chi connectivity index (χ1) is 21.3. The fourth-order valence-corrected chi connectivity index (χ4v) is 7.19. The van der Waals surface area contributed by atoms with Crippen LogP contribution < -0.4 is 17.0 Å². The van der Waals surface area contributed by atoms with E-state index in [4.69, 9.17) is 39.0 Å². The first-order valence-electron chi connectivity index (χ1n) is 13.0. The Morgan fingerprint density at radius 1 is 0.822 bits per heavy atom. The Labute approximate surface area is 248 Å². The van der Waals surface area contributed by atoms with Crippen LogP contribution in [-0.4, -0.2) is 109 Å². The first kappa shape index (κ1) is 30.2. The zero-order valence-corrected chi connectivity index (χ0v) is 24.2. The van der Waals surface area contributed by atoms with E-state index in [0.29, 0.717) is 0 Å². The summed E-state index contributed by atoms with van der Waals surface area (Å²) in [6.45, 7) is -1.65. The SMILES string of the molecule is Nc1nc2c(ncn2[C@@H]2O[C@@H]3COP(=O)(O)O[C@@H]4[C@H](O)C(n5cnc6c(N)ncnc65)O[C@@H]4COP(=O)(O)OC2[C@H]3O)c(=O)[nH]1. The van der Waals surface area contributed by atoms with Crippen LogP contribution in [0.3, 0.4) is 0 Å². The van der Waals surface area contributed by atoms with Gasteiger partial charge in [0.2, 0.25) is 5.95 Å². The van der Waals surface area contributed by atoms with Crippen LogP contribution in [0.25, 0.3) is 22.3 Å². The number of hydrogen-bond donors (Lipinski definition) is 7. The van der Waals surface area contributed by atoms with E-state index in [9.17, 15) is 33.9 Å². The van der Waals surface area contributed by atoms with Gasteiger partial charge in [0.05, 0.1) is 25.9 Å². The number of H-pyrrole nitrogens is 1. The molecular weight excluding hydrogens is 650 g/mol. The minimum absolute atomic E-state index is 0.0343. The molecule has 2 bridgehead atoms. The summed E-state index contributed by atoms with van der Waals surface area (Å²) in [5, 5.41) is 22.1. The van der Waals surface area contributed by atoms with Crippen molar-refractivity contribution in [3.63, 3.8) is 0 Å². The van der Waals surface area contributed by atoms with E-state index < -0.39 is 83.5 Å². The van der Waals surface area contributed by atoms with Gasteiger partial charge in [0, 0.05) is 0 Å². The Bertz CT molecular complexity index is 1940. The highest BCUT2D eigenvalue weighted by Gasteiger charge is 2.54. The zero-order valence-electron chi connectivity index (χ0n) is 22.4. The standard InChI is InChI=1S/C20H24N10O13P2/c21-14-8-15(24-3-23-14)29(4-25-8)18-11(32)12-7(41-18)2-39-45(36,37)43-13-10(31)6(1-38-44(34,35)42-12)40-19(13)30-5-26-9-16(30)27-20(22)28-17(9)33/h3-7,10-13,18-19,31-32H,1-2H2,(H,34,35)(H,36,37)(H2,21,23,24)(H3,22,27,28,33)/t6-,7-,10+,11+,12+,13?,18?,19-/m1/s1. The quantitative estimate of drug-likeness (QED) is 0.109. The summed E-state index contributed by atoms with van der Waals surface area (Å²) in [6, 6.07) is 0. The van der Waals surface area contributed by atoms with E-state index in [1.165, 1.54) is 10.9 Å². The van der Waals surface area contributed by atoms with Crippen molar-refractivity contribution in [1.82, 2.24) is 39.0 Å². The van der Waals surface area contributed by atoms with E-state index in [2.05, 4.69) is 29.9 Å². The molecule has 3 fully saturated rings. The highest BCUT2D eigenvalue weighted by atomic mass is 31.2. The van der Waals surface area contributed by atoms with Crippen LogP contribution in [0.15, 0.2) is 23.8 Å². The summed E-state index contributed by atoms with van der Waals surface area (Å²) in [5.41, 5.74) is 10.8. The predicted molar refractivity (Wildman–Crippen MR) is 143 cm³/mol. The third-order valence-corrected chi connectivity index (χ3v) is 9.29. The lowest BCUT2D eigenvalue weighted by Gasteiger charge is -2.25. The summed E-state index contributed by atoms with van der Waals surface area (Å²) < 4.78 is 61.0. The van der Waals surface area contributed by atoms with Crippen molar-refractivity contribution in [2.45, 2.75) is 49.1 Å². The number of anilines is 2. The molecule has 4 aromatic rings. The number of aliphatic hydroxyl groups is 2. The van der Waals surface area contributed by atoms with Crippen molar-refractivity contribution in [1.29, 1.82) is 0 Å². The fourth-order valence-electron chi connectivity index (χ4n) is 5.30. The molecule has 3 saturated heterocycles. The summed E-state index contributed by atoms with van der Waals surface area (Å²) in [5.74, 6) is -0.250. The molecule has 7 heterocycles. The number of fused-ring (bicyclic) bond motifs is 5. The number of phosphoric acid groups is 2. The van der Waals surface area contributed by atoms with Gasteiger partial charge in [-0.25, -0.2) is 29.1 Å². The Balaban J connectivity index is 1.21. The Hall–Kier alpha value is -3.44. The molecular formula is C20H24N10O13P2. The molecule has 0 amide bonds. The van der Waals surface area contributed by atoms with Crippen molar-refractivity contribution in [2.24, 2.45) is 0 Å². The third kappa shape index (κ3) is 5.31.